The Morgan fingerprint density at radius 2 is 1.97 bits per heavy atom. The Hall–Kier alpha value is -3.15. The summed E-state index contributed by atoms with van der Waals surface area (Å²) in [6, 6.07) is 15.9. The maximum Gasteiger partial charge on any atom is 0.232 e. The first-order chi connectivity index (χ1) is 14.1. The molecule has 1 saturated heterocycles. The van der Waals surface area contributed by atoms with Gasteiger partial charge in [0.15, 0.2) is 0 Å². The van der Waals surface area contributed by atoms with Crippen LogP contribution in [0, 0.1) is 6.92 Å². The molecule has 29 heavy (non-hydrogen) atoms. The molecule has 0 aliphatic carbocycles. The number of carbonyl (C=O) groups is 1. The number of aryl methyl sites for hydroxylation is 1. The van der Waals surface area contributed by atoms with Crippen molar-refractivity contribution in [1.82, 2.24) is 15.0 Å². The summed E-state index contributed by atoms with van der Waals surface area (Å²) in [6.45, 7) is 5.97. The van der Waals surface area contributed by atoms with Crippen LogP contribution in [-0.4, -0.2) is 34.1 Å². The molecule has 3 aromatic rings. The second-order valence-electron chi connectivity index (χ2n) is 7.44. The summed E-state index contributed by atoms with van der Waals surface area (Å²) in [7, 11) is 0. The van der Waals surface area contributed by atoms with Crippen LogP contribution in [0.4, 0.5) is 0 Å². The fourth-order valence-corrected chi connectivity index (χ4v) is 3.56. The molecule has 2 heterocycles. The second kappa shape index (κ2) is 8.47. The summed E-state index contributed by atoms with van der Waals surface area (Å²) in [6.07, 6.45) is 1.37. The highest BCUT2D eigenvalue weighted by Gasteiger charge is 2.34. The Kier molecular flexibility index (Phi) is 5.60. The predicted octanol–water partition coefficient (Wildman–Crippen LogP) is 4.35. The molecule has 4 rings (SSSR count). The van der Waals surface area contributed by atoms with Gasteiger partial charge in [-0.25, -0.2) is 0 Å². The molecule has 1 aliphatic rings. The van der Waals surface area contributed by atoms with Gasteiger partial charge in [0.25, 0.3) is 0 Å². The molecule has 1 aliphatic heterocycles. The van der Waals surface area contributed by atoms with E-state index < -0.39 is 0 Å². The molecule has 150 valence electrons. The van der Waals surface area contributed by atoms with E-state index in [0.717, 1.165) is 28.9 Å². The van der Waals surface area contributed by atoms with Crippen molar-refractivity contribution < 1.29 is 14.1 Å². The second-order valence-corrected chi connectivity index (χ2v) is 7.44. The molecule has 2 aromatic carbocycles. The highest BCUT2D eigenvalue weighted by atomic mass is 16.5. The molecule has 1 aromatic heterocycles. The molecule has 0 N–H and O–H groups in total. The van der Waals surface area contributed by atoms with E-state index in [2.05, 4.69) is 17.1 Å². The first kappa shape index (κ1) is 19.2. The molecular formula is C23H25N3O3. The number of amides is 1. The highest BCUT2D eigenvalue weighted by Crippen LogP contribution is 2.30. The first-order valence-corrected chi connectivity index (χ1v) is 10.0. The summed E-state index contributed by atoms with van der Waals surface area (Å²) >= 11 is 0. The minimum Gasteiger partial charge on any atom is -0.494 e. The van der Waals surface area contributed by atoms with E-state index in [-0.39, 0.29) is 11.8 Å². The quantitative estimate of drug-likeness (QED) is 0.599. The molecule has 0 spiro atoms. The summed E-state index contributed by atoms with van der Waals surface area (Å²) in [5, 5.41) is 4.13. The fraction of sp³-hybridized carbons (Fsp3) is 0.348. The minimum atomic E-state index is -0.0695. The topological polar surface area (TPSA) is 68.5 Å². The van der Waals surface area contributed by atoms with Crippen LogP contribution in [0.3, 0.4) is 0 Å². The molecule has 0 saturated carbocycles. The average molecular weight is 391 g/mol. The van der Waals surface area contributed by atoms with Gasteiger partial charge < -0.3 is 14.2 Å². The third-order valence-corrected chi connectivity index (χ3v) is 5.16. The normalized spacial score (nSPS) is 16.4. The molecule has 1 amide bonds. The van der Waals surface area contributed by atoms with Crippen molar-refractivity contribution in [2.45, 2.75) is 39.2 Å². The van der Waals surface area contributed by atoms with E-state index in [9.17, 15) is 4.79 Å². The Bertz CT molecular complexity index is 981. The number of ether oxygens (including phenoxy) is 1. The lowest BCUT2D eigenvalue weighted by Gasteiger charge is -2.16. The van der Waals surface area contributed by atoms with Gasteiger partial charge in [-0.3, -0.25) is 4.79 Å². The van der Waals surface area contributed by atoms with E-state index in [0.29, 0.717) is 37.8 Å². The van der Waals surface area contributed by atoms with Crippen LogP contribution >= 0.6 is 0 Å². The summed E-state index contributed by atoms with van der Waals surface area (Å²) in [5.41, 5.74) is 3.12. The smallest absolute Gasteiger partial charge is 0.232 e. The van der Waals surface area contributed by atoms with Crippen molar-refractivity contribution in [2.75, 3.05) is 13.2 Å². The molecular weight excluding hydrogens is 366 g/mol. The molecule has 1 atom stereocenters. The van der Waals surface area contributed by atoms with E-state index >= 15 is 0 Å². The summed E-state index contributed by atoms with van der Waals surface area (Å²) in [5.74, 6) is 2.00. The van der Waals surface area contributed by atoms with Crippen molar-refractivity contribution in [1.29, 1.82) is 0 Å². The zero-order valence-corrected chi connectivity index (χ0v) is 16.8. The van der Waals surface area contributed by atoms with Crippen molar-refractivity contribution in [3.8, 4) is 17.1 Å². The van der Waals surface area contributed by atoms with Crippen molar-refractivity contribution >= 4 is 5.91 Å². The number of benzene rings is 2. The number of likely N-dealkylation sites (tertiary alicyclic amines) is 1. The minimum absolute atomic E-state index is 0.0695. The van der Waals surface area contributed by atoms with Gasteiger partial charge in [0.2, 0.25) is 17.6 Å². The Balaban J connectivity index is 1.41. The van der Waals surface area contributed by atoms with Gasteiger partial charge >= 0.3 is 0 Å². The van der Waals surface area contributed by atoms with Crippen LogP contribution < -0.4 is 4.74 Å². The van der Waals surface area contributed by atoms with Gasteiger partial charge in [-0.15, -0.1) is 0 Å². The summed E-state index contributed by atoms with van der Waals surface area (Å²) < 4.78 is 11.1. The van der Waals surface area contributed by atoms with Crippen LogP contribution in [0.15, 0.2) is 53.1 Å². The maximum absolute atomic E-state index is 12.5. The number of hydrogen-bond donors (Lipinski definition) is 0. The fourth-order valence-electron chi connectivity index (χ4n) is 3.56. The number of hydrogen-bond acceptors (Lipinski definition) is 5. The van der Waals surface area contributed by atoms with Gasteiger partial charge in [0.1, 0.15) is 5.75 Å². The lowest BCUT2D eigenvalue weighted by molar-refractivity contribution is -0.128. The number of carbonyl (C=O) groups excluding carboxylic acids is 1. The van der Waals surface area contributed by atoms with E-state index in [4.69, 9.17) is 9.26 Å². The zero-order chi connectivity index (χ0) is 20.2. The Morgan fingerprint density at radius 3 is 2.72 bits per heavy atom. The van der Waals surface area contributed by atoms with Crippen LogP contribution in [-0.2, 0) is 11.3 Å². The maximum atomic E-state index is 12.5. The third-order valence-electron chi connectivity index (χ3n) is 5.16. The van der Waals surface area contributed by atoms with Crippen molar-refractivity contribution in [3.05, 3.63) is 65.5 Å². The molecule has 6 nitrogen and oxygen atoms in total. The van der Waals surface area contributed by atoms with E-state index in [1.165, 1.54) is 0 Å². The number of rotatable bonds is 7. The van der Waals surface area contributed by atoms with Crippen molar-refractivity contribution in [3.63, 3.8) is 0 Å². The van der Waals surface area contributed by atoms with Crippen LogP contribution in [0.5, 0.6) is 5.75 Å². The van der Waals surface area contributed by atoms with E-state index in [1.807, 2.05) is 60.4 Å². The van der Waals surface area contributed by atoms with E-state index in [1.54, 1.807) is 0 Å². The molecule has 6 heteroatoms. The van der Waals surface area contributed by atoms with Gasteiger partial charge in [-0.1, -0.05) is 48.5 Å². The highest BCUT2D eigenvalue weighted by molar-refractivity contribution is 5.79. The van der Waals surface area contributed by atoms with Crippen LogP contribution in [0.25, 0.3) is 11.4 Å². The largest absolute Gasteiger partial charge is 0.494 e. The Labute approximate surface area is 170 Å². The van der Waals surface area contributed by atoms with Crippen molar-refractivity contribution in [2.24, 2.45) is 0 Å². The molecule has 0 radical (unpaired) electrons. The standard InChI is InChI=1S/C23H25N3O3/c1-3-12-28-19-10-8-17(9-11-19)14-26-15-18(13-21(26)27)23-24-22(25-29-23)20-7-5-4-6-16(20)2/h4-11,18H,3,12-15H2,1-2H3. The lowest BCUT2D eigenvalue weighted by atomic mass is 10.1. The van der Waals surface area contributed by atoms with Gasteiger partial charge in [0.05, 0.1) is 12.5 Å². The number of nitrogens with zero attached hydrogens (tertiary/aromatic N) is 3. The van der Waals surface area contributed by atoms with Crippen LogP contribution in [0.2, 0.25) is 0 Å². The summed E-state index contributed by atoms with van der Waals surface area (Å²) in [4.78, 5) is 18.9. The first-order valence-electron chi connectivity index (χ1n) is 10.0. The third kappa shape index (κ3) is 4.31. The lowest BCUT2D eigenvalue weighted by Crippen LogP contribution is -2.24. The zero-order valence-electron chi connectivity index (χ0n) is 16.8. The molecule has 1 unspecified atom stereocenters. The van der Waals surface area contributed by atoms with Crippen LogP contribution in [0.1, 0.15) is 42.7 Å². The predicted molar refractivity (Wildman–Crippen MR) is 109 cm³/mol. The number of aromatic nitrogens is 2. The monoisotopic (exact) mass is 391 g/mol. The molecule has 1 fully saturated rings. The Morgan fingerprint density at radius 1 is 1.17 bits per heavy atom. The SMILES string of the molecule is CCCOc1ccc(CN2CC(c3nc(-c4ccccc4C)no3)CC2=O)cc1. The van der Waals surface area contributed by atoms with Gasteiger partial charge in [-0.2, -0.15) is 4.98 Å². The average Bonchev–Trinajstić information content (AvgIpc) is 3.35. The van der Waals surface area contributed by atoms with Gasteiger partial charge in [0, 0.05) is 25.1 Å². The van der Waals surface area contributed by atoms with Gasteiger partial charge in [-0.05, 0) is 36.6 Å². The molecule has 0 bridgehead atoms.